The van der Waals surface area contributed by atoms with Gasteiger partial charge in [0.1, 0.15) is 0 Å². The smallest absolute Gasteiger partial charge is 0.295 e. The van der Waals surface area contributed by atoms with E-state index in [4.69, 9.17) is 0 Å². The van der Waals surface area contributed by atoms with Crippen molar-refractivity contribution < 1.29 is 22.3 Å². The number of carbonyl (C=O) groups excluding carboxylic acids is 1. The molecule has 0 saturated carbocycles. The summed E-state index contributed by atoms with van der Waals surface area (Å²) in [6.07, 6.45) is -1.48. The fraction of sp³-hybridized carbons (Fsp3) is 0.800. The van der Waals surface area contributed by atoms with E-state index in [1.807, 2.05) is 0 Å². The van der Waals surface area contributed by atoms with Gasteiger partial charge in [0.15, 0.2) is 0 Å². The summed E-state index contributed by atoms with van der Waals surface area (Å²) in [6.45, 7) is 1.48. The van der Waals surface area contributed by atoms with Crippen LogP contribution in [0.4, 0.5) is 4.39 Å². The highest BCUT2D eigenvalue weighted by Gasteiger charge is 2.19. The van der Waals surface area contributed by atoms with Gasteiger partial charge in [-0.15, -0.1) is 0 Å². The van der Waals surface area contributed by atoms with E-state index >= 15 is 0 Å². The molecule has 1 amide bonds. The lowest BCUT2D eigenvalue weighted by Gasteiger charge is -2.06. The number of halogens is 1. The number of hydrogen-bond acceptors (Lipinski definition) is 4. The summed E-state index contributed by atoms with van der Waals surface area (Å²) in [5, 5.41) is 0. The molecular formula is C5H10FNO4S. The first-order chi connectivity index (χ1) is 5.37. The van der Waals surface area contributed by atoms with Crippen LogP contribution in [0, 0.1) is 0 Å². The van der Waals surface area contributed by atoms with E-state index in [1.54, 1.807) is 0 Å². The summed E-state index contributed by atoms with van der Waals surface area (Å²) in [4.78, 5) is 10.6. The van der Waals surface area contributed by atoms with Gasteiger partial charge >= 0.3 is 0 Å². The number of alkyl halides is 1. The van der Waals surface area contributed by atoms with Crippen LogP contribution in [0.15, 0.2) is 0 Å². The van der Waals surface area contributed by atoms with E-state index in [1.165, 1.54) is 11.6 Å². The van der Waals surface area contributed by atoms with Crippen molar-refractivity contribution in [1.29, 1.82) is 0 Å². The van der Waals surface area contributed by atoms with E-state index in [0.717, 1.165) is 6.26 Å². The molecule has 0 spiro atoms. The number of hydrogen-bond donors (Lipinski definition) is 1. The molecule has 0 saturated heterocycles. The SMILES string of the molecule is CCOC(F)C(=O)NS(C)(=O)=O. The van der Waals surface area contributed by atoms with Crippen molar-refractivity contribution in [3.05, 3.63) is 0 Å². The summed E-state index contributed by atoms with van der Waals surface area (Å²) in [5.74, 6) is -1.31. The first-order valence-corrected chi connectivity index (χ1v) is 5.03. The summed E-state index contributed by atoms with van der Waals surface area (Å²) >= 11 is 0. The van der Waals surface area contributed by atoms with Gasteiger partial charge in [0.05, 0.1) is 6.26 Å². The van der Waals surface area contributed by atoms with Gasteiger partial charge in [-0.1, -0.05) is 0 Å². The van der Waals surface area contributed by atoms with Gasteiger partial charge in [-0.2, -0.15) is 0 Å². The van der Waals surface area contributed by atoms with Crippen LogP contribution in [0.25, 0.3) is 0 Å². The molecule has 0 aromatic rings. The second-order valence-electron chi connectivity index (χ2n) is 2.01. The molecule has 0 rings (SSSR count). The predicted molar refractivity (Wildman–Crippen MR) is 39.5 cm³/mol. The largest absolute Gasteiger partial charge is 0.341 e. The lowest BCUT2D eigenvalue weighted by atomic mass is 10.6. The van der Waals surface area contributed by atoms with Crippen molar-refractivity contribution in [1.82, 2.24) is 4.72 Å². The normalized spacial score (nSPS) is 13.9. The Balaban J connectivity index is 4.05. The first kappa shape index (κ1) is 11.3. The lowest BCUT2D eigenvalue weighted by molar-refractivity contribution is -0.142. The fourth-order valence-electron chi connectivity index (χ4n) is 0.451. The molecule has 0 aliphatic rings. The number of sulfonamides is 1. The van der Waals surface area contributed by atoms with E-state index in [-0.39, 0.29) is 6.61 Å². The quantitative estimate of drug-likeness (QED) is 0.655. The zero-order chi connectivity index (χ0) is 9.78. The van der Waals surface area contributed by atoms with Crippen LogP contribution in [0.2, 0.25) is 0 Å². The minimum atomic E-state index is -3.71. The molecule has 72 valence electrons. The van der Waals surface area contributed by atoms with Gasteiger partial charge in [0.2, 0.25) is 10.0 Å². The van der Waals surface area contributed by atoms with Crippen LogP contribution in [0.5, 0.6) is 0 Å². The molecular weight excluding hydrogens is 189 g/mol. The molecule has 0 fully saturated rings. The summed E-state index contributed by atoms with van der Waals surface area (Å²) in [7, 11) is -3.71. The summed E-state index contributed by atoms with van der Waals surface area (Å²) in [6, 6.07) is 0. The molecule has 0 aliphatic heterocycles. The third-order valence-corrected chi connectivity index (χ3v) is 1.38. The highest BCUT2D eigenvalue weighted by Crippen LogP contribution is 1.93. The van der Waals surface area contributed by atoms with Crippen LogP contribution < -0.4 is 4.72 Å². The maximum atomic E-state index is 12.4. The average Bonchev–Trinajstić information content (AvgIpc) is 1.84. The molecule has 0 radical (unpaired) electrons. The molecule has 1 unspecified atom stereocenters. The Hall–Kier alpha value is -0.690. The molecule has 0 aromatic heterocycles. The van der Waals surface area contributed by atoms with Gasteiger partial charge < -0.3 is 4.74 Å². The van der Waals surface area contributed by atoms with Crippen molar-refractivity contribution in [2.75, 3.05) is 12.9 Å². The summed E-state index contributed by atoms with van der Waals surface area (Å²) in [5.41, 5.74) is 0. The van der Waals surface area contributed by atoms with E-state index in [2.05, 4.69) is 4.74 Å². The maximum Gasteiger partial charge on any atom is 0.295 e. The molecule has 0 aromatic carbocycles. The zero-order valence-electron chi connectivity index (χ0n) is 6.70. The monoisotopic (exact) mass is 199 g/mol. The van der Waals surface area contributed by atoms with Gasteiger partial charge in [0.25, 0.3) is 12.3 Å². The van der Waals surface area contributed by atoms with Crippen molar-refractivity contribution >= 4 is 15.9 Å². The average molecular weight is 199 g/mol. The Kier molecular flexibility index (Phi) is 4.11. The molecule has 5 nitrogen and oxygen atoms in total. The minimum absolute atomic E-state index is 0.00164. The van der Waals surface area contributed by atoms with E-state index < -0.39 is 22.3 Å². The molecule has 0 bridgehead atoms. The van der Waals surface area contributed by atoms with Crippen molar-refractivity contribution in [2.24, 2.45) is 0 Å². The second-order valence-corrected chi connectivity index (χ2v) is 3.76. The molecule has 12 heavy (non-hydrogen) atoms. The maximum absolute atomic E-state index is 12.4. The third kappa shape index (κ3) is 5.03. The Morgan fingerprint density at radius 1 is 1.67 bits per heavy atom. The highest BCUT2D eigenvalue weighted by atomic mass is 32.2. The van der Waals surface area contributed by atoms with Gasteiger partial charge in [-0.05, 0) is 6.92 Å². The number of carbonyl (C=O) groups is 1. The van der Waals surface area contributed by atoms with E-state index in [9.17, 15) is 17.6 Å². The van der Waals surface area contributed by atoms with Gasteiger partial charge in [0, 0.05) is 6.61 Å². The second kappa shape index (κ2) is 4.36. The topological polar surface area (TPSA) is 72.5 Å². The first-order valence-electron chi connectivity index (χ1n) is 3.14. The predicted octanol–water partition coefficient (Wildman–Crippen LogP) is -0.606. The molecule has 0 aliphatic carbocycles. The third-order valence-electron chi connectivity index (χ3n) is 0.805. The standard InChI is InChI=1S/C5H10FNO4S/c1-3-11-4(6)5(8)7-12(2,9)10/h4H,3H2,1-2H3,(H,7,8). The van der Waals surface area contributed by atoms with E-state index in [0.29, 0.717) is 0 Å². The Labute approximate surface area is 70.0 Å². The van der Waals surface area contributed by atoms with Crippen molar-refractivity contribution in [3.8, 4) is 0 Å². The summed E-state index contributed by atoms with van der Waals surface area (Å²) < 4.78 is 38.9. The number of amides is 1. The van der Waals surface area contributed by atoms with Crippen LogP contribution in [-0.4, -0.2) is 33.5 Å². The minimum Gasteiger partial charge on any atom is -0.341 e. The van der Waals surface area contributed by atoms with Crippen LogP contribution >= 0.6 is 0 Å². The van der Waals surface area contributed by atoms with Gasteiger partial charge in [-0.25, -0.2) is 17.5 Å². The zero-order valence-corrected chi connectivity index (χ0v) is 7.52. The Bertz CT molecular complexity index is 250. The van der Waals surface area contributed by atoms with Crippen LogP contribution in [-0.2, 0) is 19.6 Å². The lowest BCUT2D eigenvalue weighted by Crippen LogP contribution is -2.37. The molecule has 0 heterocycles. The molecule has 1 N–H and O–H groups in total. The highest BCUT2D eigenvalue weighted by molar-refractivity contribution is 7.89. The molecule has 7 heteroatoms. The molecule has 1 atom stereocenters. The van der Waals surface area contributed by atoms with Gasteiger partial charge in [-0.3, -0.25) is 4.79 Å². The number of ether oxygens (including phenoxy) is 1. The Morgan fingerprint density at radius 2 is 2.17 bits per heavy atom. The fourth-order valence-corrected chi connectivity index (χ4v) is 0.909. The van der Waals surface area contributed by atoms with Crippen LogP contribution in [0.3, 0.4) is 0 Å². The number of rotatable bonds is 4. The van der Waals surface area contributed by atoms with Crippen molar-refractivity contribution in [3.63, 3.8) is 0 Å². The van der Waals surface area contributed by atoms with Crippen LogP contribution in [0.1, 0.15) is 6.92 Å². The Morgan fingerprint density at radius 3 is 2.50 bits per heavy atom. The van der Waals surface area contributed by atoms with Crippen molar-refractivity contribution in [2.45, 2.75) is 13.3 Å². The number of nitrogens with one attached hydrogen (secondary N) is 1.